The number of nitrogens with one attached hydrogen (secondary N) is 2. The lowest BCUT2D eigenvalue weighted by molar-refractivity contribution is -0.141. The first kappa shape index (κ1) is 34.7. The van der Waals surface area contributed by atoms with Gasteiger partial charge in [0.05, 0.1) is 67.5 Å². The molecule has 0 radical (unpaired) electrons. The van der Waals surface area contributed by atoms with Gasteiger partial charge in [0.1, 0.15) is 17.7 Å². The number of benzene rings is 1. The Bertz CT molecular complexity index is 1340. The molecular formula is C33H47N5O6S. The van der Waals surface area contributed by atoms with Crippen LogP contribution in [0.5, 0.6) is 0 Å². The third-order valence-corrected chi connectivity index (χ3v) is 8.86. The summed E-state index contributed by atoms with van der Waals surface area (Å²) in [6, 6.07) is 8.94. The van der Waals surface area contributed by atoms with Crippen molar-refractivity contribution in [2.45, 2.75) is 58.5 Å². The molecular weight excluding hydrogens is 594 g/mol. The molecule has 1 unspecified atom stereocenters. The summed E-state index contributed by atoms with van der Waals surface area (Å²) in [7, 11) is 1.88. The van der Waals surface area contributed by atoms with E-state index in [1.807, 2.05) is 64.5 Å². The van der Waals surface area contributed by atoms with E-state index in [1.54, 1.807) is 22.3 Å². The summed E-state index contributed by atoms with van der Waals surface area (Å²) in [4.78, 5) is 34.8. The Morgan fingerprint density at radius 1 is 1.07 bits per heavy atom. The molecule has 1 saturated heterocycles. The van der Waals surface area contributed by atoms with Crippen LogP contribution in [0.1, 0.15) is 61.4 Å². The summed E-state index contributed by atoms with van der Waals surface area (Å²) in [5.41, 5.74) is 5.54. The summed E-state index contributed by atoms with van der Waals surface area (Å²) < 4.78 is 22.6. The van der Waals surface area contributed by atoms with Gasteiger partial charge in [-0.1, -0.05) is 43.3 Å². The highest BCUT2D eigenvalue weighted by Gasteiger charge is 2.40. The minimum absolute atomic E-state index is 0.0156. The topological polar surface area (TPSA) is 128 Å². The van der Waals surface area contributed by atoms with E-state index in [0.717, 1.165) is 40.4 Å². The molecule has 2 N–H and O–H groups in total. The number of hydrogen-bond acceptors (Lipinski definition) is 10. The standard InChI is InChI=1S/C33H47N5O6S/c1-22(2)30(29-19-23(3)37-44-29)33(40)38-13-6-7-28(38)32(39)36-27(20-43-18-17-42-16-15-41-14-12-34-5)25-8-10-26(11-9-25)31-24(4)35-21-45-31/h8-11,19,21-22,27-28,30,34H,6-7,12-18,20H2,1-5H3,(H,36,39)/t27-,28-,30?/m0/s1. The molecule has 1 fully saturated rings. The number of carbonyl (C=O) groups excluding carboxylic acids is 2. The van der Waals surface area contributed by atoms with Crippen LogP contribution in [0, 0.1) is 19.8 Å². The Morgan fingerprint density at radius 3 is 2.40 bits per heavy atom. The number of nitrogens with zero attached hydrogens (tertiary/aromatic N) is 3. The van der Waals surface area contributed by atoms with Gasteiger partial charge in [-0.2, -0.15) is 0 Å². The smallest absolute Gasteiger partial charge is 0.243 e. The molecule has 1 aliphatic heterocycles. The number of hydrogen-bond donors (Lipinski definition) is 2. The van der Waals surface area contributed by atoms with E-state index in [9.17, 15) is 9.59 Å². The summed E-state index contributed by atoms with van der Waals surface area (Å²) in [5.74, 6) is -0.285. The SMILES string of the molecule is CNCCOCCOCCOC[C@H](NC(=O)[C@@H]1CCCN1C(=O)C(c1cc(C)no1)C(C)C)c1ccc(-c2scnc2C)cc1. The van der Waals surface area contributed by atoms with Crippen LogP contribution in [0.4, 0.5) is 0 Å². The maximum Gasteiger partial charge on any atom is 0.243 e. The highest BCUT2D eigenvalue weighted by molar-refractivity contribution is 7.13. The van der Waals surface area contributed by atoms with Gasteiger partial charge in [0.25, 0.3) is 0 Å². The van der Waals surface area contributed by atoms with Crippen molar-refractivity contribution in [1.82, 2.24) is 25.7 Å². The van der Waals surface area contributed by atoms with Crippen molar-refractivity contribution >= 4 is 23.2 Å². The van der Waals surface area contributed by atoms with Gasteiger partial charge in [0.15, 0.2) is 0 Å². The normalized spacial score (nSPS) is 16.3. The third-order valence-electron chi connectivity index (χ3n) is 7.89. The van der Waals surface area contributed by atoms with Gasteiger partial charge in [0.2, 0.25) is 11.8 Å². The van der Waals surface area contributed by atoms with Gasteiger partial charge in [-0.15, -0.1) is 11.3 Å². The molecule has 0 bridgehead atoms. The molecule has 2 amide bonds. The zero-order valence-corrected chi connectivity index (χ0v) is 27.9. The maximum atomic E-state index is 13.8. The number of amides is 2. The van der Waals surface area contributed by atoms with Crippen molar-refractivity contribution in [3.8, 4) is 10.4 Å². The Morgan fingerprint density at radius 2 is 1.78 bits per heavy atom. The van der Waals surface area contributed by atoms with Crippen LogP contribution >= 0.6 is 11.3 Å². The van der Waals surface area contributed by atoms with Gasteiger partial charge in [-0.05, 0) is 50.8 Å². The number of thiazole rings is 1. The van der Waals surface area contributed by atoms with E-state index in [4.69, 9.17) is 18.7 Å². The molecule has 11 nitrogen and oxygen atoms in total. The summed E-state index contributed by atoms with van der Waals surface area (Å²) in [6.07, 6.45) is 1.35. The first-order valence-corrected chi connectivity index (χ1v) is 16.6. The second-order valence-electron chi connectivity index (χ2n) is 11.6. The zero-order chi connectivity index (χ0) is 32.2. The van der Waals surface area contributed by atoms with Crippen molar-refractivity contribution in [2.24, 2.45) is 5.92 Å². The van der Waals surface area contributed by atoms with Crippen LogP contribution < -0.4 is 10.6 Å². The lowest BCUT2D eigenvalue weighted by Gasteiger charge is -2.30. The quantitative estimate of drug-likeness (QED) is 0.196. The average Bonchev–Trinajstić information content (AvgIpc) is 3.79. The molecule has 3 heterocycles. The third kappa shape index (κ3) is 9.67. The summed E-state index contributed by atoms with van der Waals surface area (Å²) in [5, 5.41) is 10.2. The number of aryl methyl sites for hydroxylation is 2. The fourth-order valence-corrected chi connectivity index (χ4v) is 6.31. The van der Waals surface area contributed by atoms with Gasteiger partial charge < -0.3 is 34.3 Å². The summed E-state index contributed by atoms with van der Waals surface area (Å²) >= 11 is 1.60. The number of ether oxygens (including phenoxy) is 3. The number of likely N-dealkylation sites (tertiary alicyclic amines) is 1. The van der Waals surface area contributed by atoms with E-state index in [2.05, 4.69) is 20.8 Å². The van der Waals surface area contributed by atoms with Gasteiger partial charge in [-0.3, -0.25) is 9.59 Å². The monoisotopic (exact) mass is 641 g/mol. The molecule has 45 heavy (non-hydrogen) atoms. The Labute approximate surface area is 270 Å². The van der Waals surface area contributed by atoms with E-state index in [-0.39, 0.29) is 24.3 Å². The van der Waals surface area contributed by atoms with Gasteiger partial charge in [0, 0.05) is 19.2 Å². The molecule has 0 saturated carbocycles. The maximum absolute atomic E-state index is 13.8. The number of rotatable bonds is 18. The second-order valence-corrected chi connectivity index (χ2v) is 12.5. The van der Waals surface area contributed by atoms with Crippen LogP contribution in [0.2, 0.25) is 0 Å². The van der Waals surface area contributed by atoms with E-state index >= 15 is 0 Å². The van der Waals surface area contributed by atoms with Crippen LogP contribution in [-0.2, 0) is 23.8 Å². The summed E-state index contributed by atoms with van der Waals surface area (Å²) in [6.45, 7) is 11.8. The molecule has 1 aromatic carbocycles. The van der Waals surface area contributed by atoms with Gasteiger partial charge >= 0.3 is 0 Å². The largest absolute Gasteiger partial charge is 0.378 e. The molecule has 0 spiro atoms. The van der Waals surface area contributed by atoms with Crippen molar-refractivity contribution in [3.05, 3.63) is 58.6 Å². The first-order chi connectivity index (χ1) is 21.8. The van der Waals surface area contributed by atoms with Crippen LogP contribution in [0.15, 0.2) is 40.4 Å². The molecule has 12 heteroatoms. The van der Waals surface area contributed by atoms with Crippen molar-refractivity contribution < 1.29 is 28.3 Å². The van der Waals surface area contributed by atoms with E-state index in [1.165, 1.54) is 0 Å². The predicted molar refractivity (Wildman–Crippen MR) is 173 cm³/mol. The highest BCUT2D eigenvalue weighted by Crippen LogP contribution is 2.32. The lowest BCUT2D eigenvalue weighted by Crippen LogP contribution is -2.49. The fraction of sp³-hybridized carbons (Fsp3) is 0.576. The van der Waals surface area contributed by atoms with Crippen molar-refractivity contribution in [1.29, 1.82) is 0 Å². The Balaban J connectivity index is 1.41. The molecule has 3 aromatic rings. The number of carbonyl (C=O) groups is 2. The highest BCUT2D eigenvalue weighted by atomic mass is 32.1. The molecule has 2 aromatic heterocycles. The van der Waals surface area contributed by atoms with Crippen LogP contribution in [0.3, 0.4) is 0 Å². The first-order valence-electron chi connectivity index (χ1n) is 15.7. The van der Waals surface area contributed by atoms with Crippen LogP contribution in [-0.4, -0.2) is 92.7 Å². The average molecular weight is 642 g/mol. The Kier molecular flexibility index (Phi) is 13.5. The zero-order valence-electron chi connectivity index (χ0n) is 27.0. The number of aromatic nitrogens is 2. The minimum Gasteiger partial charge on any atom is -0.378 e. The second kappa shape index (κ2) is 17.5. The lowest BCUT2D eigenvalue weighted by atomic mass is 9.91. The fourth-order valence-electron chi connectivity index (χ4n) is 5.50. The Hall–Kier alpha value is -3.16. The van der Waals surface area contributed by atoms with Crippen LogP contribution in [0.25, 0.3) is 10.4 Å². The molecule has 0 aliphatic carbocycles. The van der Waals surface area contributed by atoms with Gasteiger partial charge in [-0.25, -0.2) is 4.98 Å². The molecule has 3 atom stereocenters. The molecule has 4 rings (SSSR count). The molecule has 246 valence electrons. The van der Waals surface area contributed by atoms with E-state index in [0.29, 0.717) is 51.8 Å². The minimum atomic E-state index is -0.573. The van der Waals surface area contributed by atoms with Crippen molar-refractivity contribution in [2.75, 3.05) is 59.8 Å². The molecule has 1 aliphatic rings. The predicted octanol–water partition coefficient (Wildman–Crippen LogP) is 4.27. The van der Waals surface area contributed by atoms with E-state index < -0.39 is 18.0 Å². The van der Waals surface area contributed by atoms with Crippen molar-refractivity contribution in [3.63, 3.8) is 0 Å². The number of likely N-dealkylation sites (N-methyl/N-ethyl adjacent to an activating group) is 1.